The molecule has 0 saturated carbocycles. The molecular weight excluding hydrogens is 346 g/mol. The molecule has 1 N–H and O–H groups in total. The molecule has 0 fully saturated rings. The minimum atomic E-state index is -0.130. The van der Waals surface area contributed by atoms with Crippen LogP contribution in [0, 0.1) is 0 Å². The maximum atomic E-state index is 12.7. The van der Waals surface area contributed by atoms with Gasteiger partial charge < -0.3 is 5.32 Å². The van der Waals surface area contributed by atoms with E-state index in [0.29, 0.717) is 11.3 Å². The highest BCUT2D eigenvalue weighted by Gasteiger charge is 2.21. The summed E-state index contributed by atoms with van der Waals surface area (Å²) in [5.74, 6) is -0.130. The van der Waals surface area contributed by atoms with E-state index < -0.39 is 0 Å². The summed E-state index contributed by atoms with van der Waals surface area (Å²) in [7, 11) is 1.65. The number of aryl methyl sites for hydroxylation is 1. The maximum absolute atomic E-state index is 12.7. The number of hydrogen-bond acceptors (Lipinski definition) is 2. The number of carbonyl (C=O) groups is 1. The standard InChI is InChI=1S/C24H23N3O/c1-3-17-10-8-9-13-20(17)19-14-15-21-22(24(28)25-2)23(26-27(21)16-19)18-11-6-4-5-7-12-18/h4,6-16H,3,5H2,1-2H3,(H,25,28). The summed E-state index contributed by atoms with van der Waals surface area (Å²) < 4.78 is 1.82. The molecule has 1 aliphatic carbocycles. The summed E-state index contributed by atoms with van der Waals surface area (Å²) in [6.07, 6.45) is 14.1. The number of rotatable bonds is 4. The average Bonchev–Trinajstić information content (AvgIpc) is 2.91. The number of pyridine rings is 1. The molecule has 0 aliphatic heterocycles. The van der Waals surface area contributed by atoms with Gasteiger partial charge in [-0.05, 0) is 30.0 Å². The number of carbonyl (C=O) groups excluding carboxylic acids is 1. The fourth-order valence-electron chi connectivity index (χ4n) is 3.61. The number of nitrogens with zero attached hydrogens (tertiary/aromatic N) is 2. The molecule has 28 heavy (non-hydrogen) atoms. The molecule has 4 heteroatoms. The normalized spacial score (nSPS) is 13.4. The van der Waals surface area contributed by atoms with Crippen molar-refractivity contribution in [1.82, 2.24) is 14.9 Å². The van der Waals surface area contributed by atoms with E-state index in [-0.39, 0.29) is 5.91 Å². The van der Waals surface area contributed by atoms with Crippen LogP contribution in [0.5, 0.6) is 0 Å². The van der Waals surface area contributed by atoms with Gasteiger partial charge in [0.15, 0.2) is 0 Å². The first kappa shape index (κ1) is 18.0. The molecule has 4 rings (SSSR count). The lowest BCUT2D eigenvalue weighted by atomic mass is 9.99. The van der Waals surface area contributed by atoms with Crippen molar-refractivity contribution in [1.29, 1.82) is 0 Å². The van der Waals surface area contributed by atoms with E-state index in [4.69, 9.17) is 5.10 Å². The van der Waals surface area contributed by atoms with Crippen molar-refractivity contribution in [3.05, 3.63) is 89.8 Å². The zero-order chi connectivity index (χ0) is 19.5. The smallest absolute Gasteiger partial charge is 0.255 e. The molecule has 4 nitrogen and oxygen atoms in total. The van der Waals surface area contributed by atoms with Crippen LogP contribution < -0.4 is 5.32 Å². The quantitative estimate of drug-likeness (QED) is 0.716. The molecule has 1 aromatic carbocycles. The first-order chi connectivity index (χ1) is 13.7. The van der Waals surface area contributed by atoms with Gasteiger partial charge in [-0.1, -0.05) is 67.6 Å². The first-order valence-electron chi connectivity index (χ1n) is 9.59. The molecule has 2 heterocycles. The number of nitrogens with one attached hydrogen (secondary N) is 1. The maximum Gasteiger partial charge on any atom is 0.255 e. The van der Waals surface area contributed by atoms with E-state index in [1.807, 2.05) is 35.0 Å². The lowest BCUT2D eigenvalue weighted by molar-refractivity contribution is 0.0964. The molecule has 2 aromatic heterocycles. The van der Waals surface area contributed by atoms with Crippen molar-refractivity contribution < 1.29 is 4.79 Å². The van der Waals surface area contributed by atoms with Crippen LogP contribution in [0.1, 0.15) is 35.0 Å². The summed E-state index contributed by atoms with van der Waals surface area (Å²) in [6, 6.07) is 12.5. The third-order valence-corrected chi connectivity index (χ3v) is 5.05. The van der Waals surface area contributed by atoms with Gasteiger partial charge in [-0.15, -0.1) is 0 Å². The second kappa shape index (κ2) is 7.69. The second-order valence-corrected chi connectivity index (χ2v) is 6.75. The predicted octanol–water partition coefficient (Wildman–Crippen LogP) is 4.82. The number of hydrogen-bond donors (Lipinski definition) is 1. The van der Waals surface area contributed by atoms with Crippen molar-refractivity contribution in [2.75, 3.05) is 7.05 Å². The van der Waals surface area contributed by atoms with Gasteiger partial charge in [-0.3, -0.25) is 4.79 Å². The number of fused-ring (bicyclic) bond motifs is 1. The van der Waals surface area contributed by atoms with Crippen LogP contribution in [-0.2, 0) is 6.42 Å². The Kier molecular flexibility index (Phi) is 4.94. The summed E-state index contributed by atoms with van der Waals surface area (Å²) in [5.41, 5.74) is 6.61. The third-order valence-electron chi connectivity index (χ3n) is 5.05. The van der Waals surface area contributed by atoms with Crippen LogP contribution in [0.25, 0.3) is 22.2 Å². The van der Waals surface area contributed by atoms with Gasteiger partial charge in [-0.25, -0.2) is 4.52 Å². The Labute approximate surface area is 164 Å². The van der Waals surface area contributed by atoms with Gasteiger partial charge >= 0.3 is 0 Å². The molecule has 1 amide bonds. The van der Waals surface area contributed by atoms with Crippen LogP contribution in [0.4, 0.5) is 0 Å². The monoisotopic (exact) mass is 369 g/mol. The fourth-order valence-corrected chi connectivity index (χ4v) is 3.61. The summed E-state index contributed by atoms with van der Waals surface area (Å²) in [5, 5.41) is 7.55. The zero-order valence-corrected chi connectivity index (χ0v) is 16.1. The molecule has 0 bridgehead atoms. The molecular formula is C24H23N3O. The summed E-state index contributed by atoms with van der Waals surface area (Å²) in [4.78, 5) is 12.7. The van der Waals surface area contributed by atoms with Gasteiger partial charge in [0.25, 0.3) is 5.91 Å². The van der Waals surface area contributed by atoms with E-state index in [2.05, 4.69) is 54.7 Å². The van der Waals surface area contributed by atoms with E-state index in [9.17, 15) is 4.79 Å². The SMILES string of the molecule is CCc1ccccc1-c1ccc2c(C(=O)NC)c(C3=CC=CCC=C3)nn2c1. The molecule has 0 atom stereocenters. The minimum Gasteiger partial charge on any atom is -0.355 e. The molecule has 0 unspecified atom stereocenters. The Morgan fingerprint density at radius 3 is 2.86 bits per heavy atom. The zero-order valence-electron chi connectivity index (χ0n) is 16.1. The second-order valence-electron chi connectivity index (χ2n) is 6.75. The van der Waals surface area contributed by atoms with Gasteiger partial charge in [0.05, 0.1) is 11.1 Å². The lowest BCUT2D eigenvalue weighted by Gasteiger charge is -2.08. The molecule has 0 saturated heterocycles. The van der Waals surface area contributed by atoms with Crippen molar-refractivity contribution in [3.8, 4) is 11.1 Å². The number of benzene rings is 1. The van der Waals surface area contributed by atoms with E-state index in [1.54, 1.807) is 7.05 Å². The van der Waals surface area contributed by atoms with E-state index in [0.717, 1.165) is 29.5 Å². The van der Waals surface area contributed by atoms with Crippen molar-refractivity contribution in [2.45, 2.75) is 19.8 Å². The van der Waals surface area contributed by atoms with E-state index in [1.165, 1.54) is 11.1 Å². The first-order valence-corrected chi connectivity index (χ1v) is 9.59. The van der Waals surface area contributed by atoms with E-state index >= 15 is 0 Å². The highest BCUT2D eigenvalue weighted by molar-refractivity contribution is 6.05. The Bertz CT molecular complexity index is 1130. The van der Waals surface area contributed by atoms with Gasteiger partial charge in [0.2, 0.25) is 0 Å². The largest absolute Gasteiger partial charge is 0.355 e. The molecule has 1 aliphatic rings. The molecule has 140 valence electrons. The summed E-state index contributed by atoms with van der Waals surface area (Å²) >= 11 is 0. The highest BCUT2D eigenvalue weighted by Crippen LogP contribution is 2.29. The van der Waals surface area contributed by atoms with Crippen molar-refractivity contribution in [2.24, 2.45) is 0 Å². The Morgan fingerprint density at radius 2 is 2.04 bits per heavy atom. The Balaban J connectivity index is 1.92. The molecule has 0 radical (unpaired) electrons. The highest BCUT2D eigenvalue weighted by atomic mass is 16.1. The number of allylic oxidation sites excluding steroid dienone is 6. The predicted molar refractivity (Wildman–Crippen MR) is 114 cm³/mol. The van der Waals surface area contributed by atoms with Gasteiger partial charge in [0, 0.05) is 24.4 Å². The van der Waals surface area contributed by atoms with Crippen LogP contribution in [0.15, 0.2) is 73.0 Å². The molecule has 3 aromatic rings. The summed E-state index contributed by atoms with van der Waals surface area (Å²) in [6.45, 7) is 2.16. The van der Waals surface area contributed by atoms with Crippen LogP contribution in [0.2, 0.25) is 0 Å². The van der Waals surface area contributed by atoms with Crippen molar-refractivity contribution in [3.63, 3.8) is 0 Å². The van der Waals surface area contributed by atoms with Gasteiger partial charge in [-0.2, -0.15) is 5.10 Å². The Hall–Kier alpha value is -3.40. The van der Waals surface area contributed by atoms with Crippen LogP contribution in [0.3, 0.4) is 0 Å². The molecule has 0 spiro atoms. The number of aromatic nitrogens is 2. The topological polar surface area (TPSA) is 46.4 Å². The average molecular weight is 369 g/mol. The van der Waals surface area contributed by atoms with Crippen LogP contribution in [-0.4, -0.2) is 22.6 Å². The lowest BCUT2D eigenvalue weighted by Crippen LogP contribution is -2.19. The Morgan fingerprint density at radius 1 is 1.18 bits per heavy atom. The van der Waals surface area contributed by atoms with Crippen molar-refractivity contribution >= 4 is 17.0 Å². The third kappa shape index (κ3) is 3.18. The minimum absolute atomic E-state index is 0.130. The number of amides is 1. The van der Waals surface area contributed by atoms with Crippen LogP contribution >= 0.6 is 0 Å². The fraction of sp³-hybridized carbons (Fsp3) is 0.167. The van der Waals surface area contributed by atoms with Gasteiger partial charge in [0.1, 0.15) is 5.69 Å².